The van der Waals surface area contributed by atoms with Crippen LogP contribution in [0.3, 0.4) is 0 Å². The number of carbonyl (C=O) groups is 2. The van der Waals surface area contributed by atoms with Crippen molar-refractivity contribution >= 4 is 35.1 Å². The van der Waals surface area contributed by atoms with E-state index in [9.17, 15) is 14.7 Å². The highest BCUT2D eigenvalue weighted by Crippen LogP contribution is 2.31. The van der Waals surface area contributed by atoms with Crippen molar-refractivity contribution < 1.29 is 24.2 Å². The second-order valence-corrected chi connectivity index (χ2v) is 6.16. The fourth-order valence-corrected chi connectivity index (χ4v) is 2.67. The first-order chi connectivity index (χ1) is 12.3. The van der Waals surface area contributed by atoms with Gasteiger partial charge in [0.2, 0.25) is 0 Å². The van der Waals surface area contributed by atoms with Gasteiger partial charge in [0.25, 0.3) is 5.91 Å². The number of benzene rings is 2. The lowest BCUT2D eigenvalue weighted by molar-refractivity contribution is -0.306. The van der Waals surface area contributed by atoms with Crippen LogP contribution in [0.5, 0.6) is 11.5 Å². The number of hydrogen-bond donors (Lipinski definition) is 1. The van der Waals surface area contributed by atoms with E-state index in [0.717, 1.165) is 0 Å². The summed E-state index contributed by atoms with van der Waals surface area (Å²) < 4.78 is 10.4. The van der Waals surface area contributed by atoms with E-state index < -0.39 is 24.3 Å². The van der Waals surface area contributed by atoms with Crippen LogP contribution in [0.15, 0.2) is 36.4 Å². The second-order valence-electron chi connectivity index (χ2n) is 5.35. The Morgan fingerprint density at radius 2 is 1.73 bits per heavy atom. The fraction of sp³-hybridized carbons (Fsp3) is 0.222. The molecule has 0 fully saturated rings. The van der Waals surface area contributed by atoms with E-state index in [1.54, 1.807) is 18.2 Å². The number of halogens is 2. The number of nitrogens with one attached hydrogen (secondary N) is 1. The Balaban J connectivity index is 2.31. The molecule has 0 heterocycles. The standard InChI is InChI=1S/C18H17Cl2NO5/c1-25-15-6-4-10(8-16(15)26-2)14(9-17(22)23)21-18(24)11-3-5-12(19)13(20)7-11/h3-8,14H,9H2,1-2H3,(H,21,24)(H,22,23)/p-1/t14-/m1/s1. The zero-order chi connectivity index (χ0) is 19.3. The van der Waals surface area contributed by atoms with Gasteiger partial charge in [0.1, 0.15) is 0 Å². The maximum Gasteiger partial charge on any atom is 0.251 e. The summed E-state index contributed by atoms with van der Waals surface area (Å²) in [7, 11) is 2.95. The Bertz CT molecular complexity index is 825. The average Bonchev–Trinajstić information content (AvgIpc) is 2.62. The topological polar surface area (TPSA) is 87.7 Å². The summed E-state index contributed by atoms with van der Waals surface area (Å²) >= 11 is 11.8. The minimum Gasteiger partial charge on any atom is -0.550 e. The Morgan fingerprint density at radius 1 is 1.04 bits per heavy atom. The molecule has 8 heteroatoms. The molecular formula is C18H16Cl2NO5-. The molecule has 2 aromatic rings. The van der Waals surface area contributed by atoms with E-state index in [0.29, 0.717) is 22.1 Å². The highest BCUT2D eigenvalue weighted by Gasteiger charge is 2.19. The van der Waals surface area contributed by atoms with Gasteiger partial charge in [-0.05, 0) is 35.9 Å². The second kappa shape index (κ2) is 8.78. The van der Waals surface area contributed by atoms with Crippen LogP contribution in [-0.2, 0) is 4.79 Å². The lowest BCUT2D eigenvalue weighted by atomic mass is 10.0. The molecule has 6 nitrogen and oxygen atoms in total. The Kier molecular flexibility index (Phi) is 6.71. The minimum absolute atomic E-state index is 0.224. The number of carboxylic acid groups (broad SMARTS) is 1. The van der Waals surface area contributed by atoms with Gasteiger partial charge in [0.05, 0.1) is 30.3 Å². The summed E-state index contributed by atoms with van der Waals surface area (Å²) in [6.07, 6.45) is -0.414. The van der Waals surface area contributed by atoms with Crippen LogP contribution in [0.4, 0.5) is 0 Å². The number of hydrogen-bond acceptors (Lipinski definition) is 5. The zero-order valence-electron chi connectivity index (χ0n) is 14.0. The number of amides is 1. The van der Waals surface area contributed by atoms with Gasteiger partial charge < -0.3 is 24.7 Å². The van der Waals surface area contributed by atoms with Gasteiger partial charge in [-0.2, -0.15) is 0 Å². The molecule has 0 bridgehead atoms. The Morgan fingerprint density at radius 3 is 2.31 bits per heavy atom. The van der Waals surface area contributed by atoms with Crippen molar-refractivity contribution in [3.8, 4) is 11.5 Å². The fourth-order valence-electron chi connectivity index (χ4n) is 2.37. The third-order valence-electron chi connectivity index (χ3n) is 3.67. The van der Waals surface area contributed by atoms with Crippen LogP contribution in [0.1, 0.15) is 28.4 Å². The number of ether oxygens (including phenoxy) is 2. The van der Waals surface area contributed by atoms with Crippen LogP contribution in [0, 0.1) is 0 Å². The molecule has 2 aromatic carbocycles. The van der Waals surface area contributed by atoms with Crippen molar-refractivity contribution in [3.63, 3.8) is 0 Å². The van der Waals surface area contributed by atoms with Gasteiger partial charge in [-0.15, -0.1) is 0 Å². The van der Waals surface area contributed by atoms with Crippen molar-refractivity contribution in [2.45, 2.75) is 12.5 Å². The molecule has 0 saturated carbocycles. The molecule has 138 valence electrons. The van der Waals surface area contributed by atoms with E-state index in [1.807, 2.05) is 0 Å². The molecule has 0 saturated heterocycles. The van der Waals surface area contributed by atoms with Gasteiger partial charge in [0.15, 0.2) is 11.5 Å². The third-order valence-corrected chi connectivity index (χ3v) is 4.41. The summed E-state index contributed by atoms with van der Waals surface area (Å²) in [4.78, 5) is 23.6. The molecule has 0 aliphatic heterocycles. The Labute approximate surface area is 160 Å². The summed E-state index contributed by atoms with van der Waals surface area (Å²) in [6.45, 7) is 0. The van der Waals surface area contributed by atoms with Gasteiger partial charge in [-0.3, -0.25) is 4.79 Å². The van der Waals surface area contributed by atoms with Gasteiger partial charge in [-0.25, -0.2) is 0 Å². The molecule has 1 atom stereocenters. The molecular weight excluding hydrogens is 381 g/mol. The lowest BCUT2D eigenvalue weighted by Gasteiger charge is -2.21. The molecule has 0 unspecified atom stereocenters. The lowest BCUT2D eigenvalue weighted by Crippen LogP contribution is -2.34. The molecule has 1 amide bonds. The molecule has 0 aliphatic carbocycles. The highest BCUT2D eigenvalue weighted by atomic mass is 35.5. The number of carboxylic acids is 1. The van der Waals surface area contributed by atoms with E-state index >= 15 is 0 Å². The molecule has 1 N–H and O–H groups in total. The van der Waals surface area contributed by atoms with Crippen molar-refractivity contribution in [3.05, 3.63) is 57.6 Å². The van der Waals surface area contributed by atoms with Crippen molar-refractivity contribution in [1.29, 1.82) is 0 Å². The van der Waals surface area contributed by atoms with E-state index in [-0.39, 0.29) is 10.6 Å². The number of aliphatic carboxylic acids is 1. The number of carbonyl (C=O) groups excluding carboxylic acids is 2. The van der Waals surface area contributed by atoms with Gasteiger partial charge in [-0.1, -0.05) is 29.3 Å². The normalized spacial score (nSPS) is 11.5. The summed E-state index contributed by atoms with van der Waals surface area (Å²) in [5.41, 5.74) is 0.781. The maximum atomic E-state index is 12.5. The summed E-state index contributed by atoms with van der Waals surface area (Å²) in [5.74, 6) is -0.903. The Hall–Kier alpha value is -2.44. The molecule has 26 heavy (non-hydrogen) atoms. The van der Waals surface area contributed by atoms with Crippen LogP contribution >= 0.6 is 23.2 Å². The SMILES string of the molecule is COc1ccc([C@@H](CC(=O)[O-])NC(=O)c2ccc(Cl)c(Cl)c2)cc1OC. The molecule has 0 aromatic heterocycles. The minimum atomic E-state index is -1.31. The molecule has 0 spiro atoms. The summed E-state index contributed by atoms with van der Waals surface area (Å²) in [5, 5.41) is 14.3. The van der Waals surface area contributed by atoms with Crippen LogP contribution in [0.2, 0.25) is 10.0 Å². The first kappa shape index (κ1) is 19.9. The smallest absolute Gasteiger partial charge is 0.251 e. The predicted octanol–water partition coefficient (Wildman–Crippen LogP) is 2.62. The van der Waals surface area contributed by atoms with Crippen molar-refractivity contribution in [2.24, 2.45) is 0 Å². The first-order valence-corrected chi connectivity index (χ1v) is 8.29. The van der Waals surface area contributed by atoms with Crippen molar-refractivity contribution in [1.82, 2.24) is 5.32 Å². The molecule has 2 rings (SSSR count). The van der Waals surface area contributed by atoms with Crippen LogP contribution in [-0.4, -0.2) is 26.1 Å². The summed E-state index contributed by atoms with van der Waals surface area (Å²) in [6, 6.07) is 8.43. The van der Waals surface area contributed by atoms with Crippen LogP contribution in [0.25, 0.3) is 0 Å². The van der Waals surface area contributed by atoms with Gasteiger partial charge in [0, 0.05) is 18.0 Å². The van der Waals surface area contributed by atoms with Crippen molar-refractivity contribution in [2.75, 3.05) is 14.2 Å². The molecule has 0 radical (unpaired) electrons. The number of rotatable bonds is 7. The van der Waals surface area contributed by atoms with E-state index in [4.69, 9.17) is 32.7 Å². The first-order valence-electron chi connectivity index (χ1n) is 7.53. The van der Waals surface area contributed by atoms with E-state index in [1.165, 1.54) is 32.4 Å². The average molecular weight is 397 g/mol. The van der Waals surface area contributed by atoms with Crippen LogP contribution < -0.4 is 19.9 Å². The molecule has 0 aliphatic rings. The predicted molar refractivity (Wildman–Crippen MR) is 95.8 cm³/mol. The van der Waals surface area contributed by atoms with E-state index in [2.05, 4.69) is 5.32 Å². The zero-order valence-corrected chi connectivity index (χ0v) is 15.6. The quantitative estimate of drug-likeness (QED) is 0.776. The number of methoxy groups -OCH3 is 2. The monoisotopic (exact) mass is 396 g/mol. The highest BCUT2D eigenvalue weighted by molar-refractivity contribution is 6.42. The largest absolute Gasteiger partial charge is 0.550 e. The van der Waals surface area contributed by atoms with Gasteiger partial charge >= 0.3 is 0 Å². The third kappa shape index (κ3) is 4.80. The maximum absolute atomic E-state index is 12.5.